The topological polar surface area (TPSA) is 121 Å². The summed E-state index contributed by atoms with van der Waals surface area (Å²) < 4.78 is 5.27. The third-order valence-corrected chi connectivity index (χ3v) is 4.92. The number of benzene rings is 1. The summed E-state index contributed by atoms with van der Waals surface area (Å²) in [5.74, 6) is 0.495. The van der Waals surface area contributed by atoms with Crippen LogP contribution in [0.4, 0.5) is 0 Å². The van der Waals surface area contributed by atoms with Gasteiger partial charge in [0.2, 0.25) is 5.91 Å². The predicted octanol–water partition coefficient (Wildman–Crippen LogP) is 0.0733. The van der Waals surface area contributed by atoms with Gasteiger partial charge in [-0.1, -0.05) is 6.07 Å². The van der Waals surface area contributed by atoms with E-state index in [1.807, 2.05) is 12.0 Å². The van der Waals surface area contributed by atoms with Crippen molar-refractivity contribution in [1.29, 1.82) is 0 Å². The van der Waals surface area contributed by atoms with Gasteiger partial charge in [-0.05, 0) is 30.5 Å². The average Bonchev–Trinajstić information content (AvgIpc) is 3.36. The molecule has 1 aliphatic rings. The first-order valence-corrected chi connectivity index (χ1v) is 9.41. The normalized spacial score (nSPS) is 15.3. The molecule has 1 unspecified atom stereocenters. The van der Waals surface area contributed by atoms with E-state index in [0.29, 0.717) is 18.7 Å². The van der Waals surface area contributed by atoms with Crippen LogP contribution >= 0.6 is 0 Å². The number of nitrogens with one attached hydrogen (secondary N) is 3. The lowest BCUT2D eigenvalue weighted by Crippen LogP contribution is -2.43. The summed E-state index contributed by atoms with van der Waals surface area (Å²) in [5, 5.41) is 5.96. The summed E-state index contributed by atoms with van der Waals surface area (Å²) in [5.41, 5.74) is 1.01. The Morgan fingerprint density at radius 3 is 2.83 bits per heavy atom. The molecular weight excluding hydrogens is 388 g/mol. The molecule has 0 aliphatic carbocycles. The molecule has 3 N–H and O–H groups in total. The number of nitrogens with zero attached hydrogens (tertiary/aromatic N) is 1. The highest BCUT2D eigenvalue weighted by Crippen LogP contribution is 2.25. The molecule has 0 radical (unpaired) electrons. The summed E-state index contributed by atoms with van der Waals surface area (Å²) in [6.45, 7) is 0.0292. The Labute approximate surface area is 173 Å². The second-order valence-corrected chi connectivity index (χ2v) is 6.93. The molecule has 1 fully saturated rings. The number of amides is 3. The first-order valence-electron chi connectivity index (χ1n) is 9.41. The molecule has 2 heterocycles. The van der Waals surface area contributed by atoms with Crippen LogP contribution in [0.5, 0.6) is 5.75 Å². The highest BCUT2D eigenvalue weighted by molar-refractivity contribution is 6.02. The van der Waals surface area contributed by atoms with Crippen LogP contribution in [0.3, 0.4) is 0 Å². The quantitative estimate of drug-likeness (QED) is 0.532. The lowest BCUT2D eigenvalue weighted by Gasteiger charge is -2.22. The molecule has 2 aromatic rings. The summed E-state index contributed by atoms with van der Waals surface area (Å²) in [4.78, 5) is 52.6. The minimum absolute atomic E-state index is 0.0658. The number of hydrogen-bond acceptors (Lipinski definition) is 5. The van der Waals surface area contributed by atoms with E-state index in [0.717, 1.165) is 15.8 Å². The number of fused-ring (bicyclic) bond motifs is 1. The number of ketones is 1. The van der Waals surface area contributed by atoms with Crippen LogP contribution in [0.15, 0.2) is 24.3 Å². The minimum atomic E-state index is -0.669. The molecule has 1 saturated heterocycles. The average molecular weight is 410 g/mol. The Bertz CT molecular complexity index is 1040. The van der Waals surface area contributed by atoms with Gasteiger partial charge >= 0.3 is 0 Å². The Morgan fingerprint density at radius 1 is 1.37 bits per heavy atom. The third kappa shape index (κ3) is 4.60. The van der Waals surface area contributed by atoms with Crippen LogP contribution in [-0.4, -0.2) is 66.7 Å². The fourth-order valence-electron chi connectivity index (χ4n) is 3.37. The molecule has 9 nitrogen and oxygen atoms in total. The highest BCUT2D eigenvalue weighted by Gasteiger charge is 2.28. The highest BCUT2D eigenvalue weighted by atomic mass is 16.5. The van der Waals surface area contributed by atoms with Gasteiger partial charge in [-0.15, -0.1) is 6.42 Å². The summed E-state index contributed by atoms with van der Waals surface area (Å²) in [6, 6.07) is 7.02. The van der Waals surface area contributed by atoms with Crippen LogP contribution in [-0.2, 0) is 14.4 Å². The molecule has 0 spiro atoms. The lowest BCUT2D eigenvalue weighted by atomic mass is 10.1. The van der Waals surface area contributed by atoms with Gasteiger partial charge in [0.25, 0.3) is 11.8 Å². The van der Waals surface area contributed by atoms with Gasteiger partial charge in [0.1, 0.15) is 11.4 Å². The summed E-state index contributed by atoms with van der Waals surface area (Å²) in [6.07, 6.45) is 5.75. The van der Waals surface area contributed by atoms with Crippen molar-refractivity contribution in [2.24, 2.45) is 5.92 Å². The van der Waals surface area contributed by atoms with Crippen molar-refractivity contribution >= 4 is 34.4 Å². The van der Waals surface area contributed by atoms with Crippen molar-refractivity contribution in [2.45, 2.75) is 6.42 Å². The maximum absolute atomic E-state index is 12.4. The first kappa shape index (κ1) is 20.9. The van der Waals surface area contributed by atoms with Gasteiger partial charge in [0, 0.05) is 24.0 Å². The number of aromatic amines is 1. The number of aromatic nitrogens is 1. The number of carbonyl (C=O) groups excluding carboxylic acids is 4. The molecular formula is C21H22N4O5. The molecule has 1 aromatic heterocycles. The lowest BCUT2D eigenvalue weighted by molar-refractivity contribution is -0.132. The van der Waals surface area contributed by atoms with Crippen LogP contribution in [0, 0.1) is 18.3 Å². The van der Waals surface area contributed by atoms with Crippen LogP contribution in [0.1, 0.15) is 16.9 Å². The number of methoxy groups -OCH3 is 1. The molecule has 0 saturated carbocycles. The number of Topliss-reactive ketones (excluding diaryl/α,β-unsaturated/α-hetero) is 1. The van der Waals surface area contributed by atoms with E-state index in [2.05, 4.69) is 15.6 Å². The van der Waals surface area contributed by atoms with E-state index in [1.54, 1.807) is 25.3 Å². The smallest absolute Gasteiger partial charge is 0.298 e. The van der Waals surface area contributed by atoms with Crippen molar-refractivity contribution in [2.75, 3.05) is 33.3 Å². The van der Waals surface area contributed by atoms with E-state index >= 15 is 0 Å². The summed E-state index contributed by atoms with van der Waals surface area (Å²) in [7, 11) is 1.54. The number of hydrogen-bond donors (Lipinski definition) is 3. The molecule has 3 rings (SSSR count). The number of rotatable bonds is 8. The molecule has 1 aromatic carbocycles. The fourth-order valence-corrected chi connectivity index (χ4v) is 3.37. The second-order valence-electron chi connectivity index (χ2n) is 6.93. The minimum Gasteiger partial charge on any atom is -0.496 e. The van der Waals surface area contributed by atoms with Crippen molar-refractivity contribution in [3.8, 4) is 18.1 Å². The van der Waals surface area contributed by atoms with Crippen molar-refractivity contribution in [1.82, 2.24) is 20.5 Å². The van der Waals surface area contributed by atoms with Crippen LogP contribution in [0.2, 0.25) is 0 Å². The molecule has 1 atom stereocenters. The van der Waals surface area contributed by atoms with Gasteiger partial charge in [-0.2, -0.15) is 0 Å². The van der Waals surface area contributed by atoms with E-state index in [1.165, 1.54) is 0 Å². The van der Waals surface area contributed by atoms with Gasteiger partial charge in [0.05, 0.1) is 26.1 Å². The third-order valence-electron chi connectivity index (χ3n) is 4.92. The molecule has 30 heavy (non-hydrogen) atoms. The number of terminal acetylenes is 1. The van der Waals surface area contributed by atoms with Crippen molar-refractivity contribution < 1.29 is 23.9 Å². The Morgan fingerprint density at radius 2 is 2.17 bits per heavy atom. The maximum atomic E-state index is 12.4. The van der Waals surface area contributed by atoms with Gasteiger partial charge in [-0.25, -0.2) is 0 Å². The summed E-state index contributed by atoms with van der Waals surface area (Å²) >= 11 is 0. The largest absolute Gasteiger partial charge is 0.496 e. The first-order chi connectivity index (χ1) is 14.4. The predicted molar refractivity (Wildman–Crippen MR) is 109 cm³/mol. The molecule has 0 bridgehead atoms. The molecule has 156 valence electrons. The number of ether oxygens (including phenoxy) is 1. The SMILES string of the molecule is C#CC(=O)N(CC(=O)CNC(=O)c1cc2c(OC)cccc2[nH]1)CC1CCNC1=O. The monoisotopic (exact) mass is 410 g/mol. The van der Waals surface area contributed by atoms with Crippen molar-refractivity contribution in [3.05, 3.63) is 30.0 Å². The maximum Gasteiger partial charge on any atom is 0.298 e. The van der Waals surface area contributed by atoms with E-state index < -0.39 is 23.5 Å². The zero-order valence-electron chi connectivity index (χ0n) is 16.5. The molecule has 9 heteroatoms. The van der Waals surface area contributed by atoms with Crippen molar-refractivity contribution in [3.63, 3.8) is 0 Å². The zero-order chi connectivity index (χ0) is 21.7. The number of H-pyrrole nitrogens is 1. The van der Waals surface area contributed by atoms with Gasteiger partial charge in [-0.3, -0.25) is 19.2 Å². The number of carbonyl (C=O) groups is 4. The Hall–Kier alpha value is -3.80. The molecule has 3 amide bonds. The van der Waals surface area contributed by atoms with E-state index in [4.69, 9.17) is 11.2 Å². The van der Waals surface area contributed by atoms with Gasteiger partial charge in [0.15, 0.2) is 5.78 Å². The van der Waals surface area contributed by atoms with Gasteiger partial charge < -0.3 is 25.3 Å². The Balaban J connectivity index is 1.59. The standard InChI is InChI=1S/C21H22N4O5/c1-3-19(27)25(11-13-7-8-22-20(13)28)12-14(26)10-23-21(29)17-9-15-16(24-17)5-4-6-18(15)30-2/h1,4-6,9,13,24H,7-8,10-12H2,2H3,(H,22,28)(H,23,29). The van der Waals surface area contributed by atoms with Crippen LogP contribution in [0.25, 0.3) is 10.9 Å². The van der Waals surface area contributed by atoms with E-state index in [-0.39, 0.29) is 31.2 Å². The van der Waals surface area contributed by atoms with Crippen LogP contribution < -0.4 is 15.4 Å². The second kappa shape index (κ2) is 9.13. The zero-order valence-corrected chi connectivity index (χ0v) is 16.5. The Kier molecular flexibility index (Phi) is 6.37. The van der Waals surface area contributed by atoms with E-state index in [9.17, 15) is 19.2 Å². The fraction of sp³-hybridized carbons (Fsp3) is 0.333. The molecule has 1 aliphatic heterocycles.